The zero-order valence-electron chi connectivity index (χ0n) is 22.6. The maximum absolute atomic E-state index is 13.6. The van der Waals surface area contributed by atoms with E-state index in [9.17, 15) is 14.7 Å². The lowest BCUT2D eigenvalue weighted by molar-refractivity contribution is -0.158. The zero-order chi connectivity index (χ0) is 26.7. The molecule has 3 aromatic rings. The molecule has 2 saturated heterocycles. The van der Waals surface area contributed by atoms with E-state index >= 15 is 0 Å². The molecule has 2 atom stereocenters. The molecule has 0 radical (unpaired) electrons. The second-order valence-electron chi connectivity index (χ2n) is 11.2. The number of piperidine rings is 2. The van der Waals surface area contributed by atoms with Crippen molar-refractivity contribution >= 4 is 16.9 Å². The van der Waals surface area contributed by atoms with Crippen LogP contribution in [0.25, 0.3) is 11.0 Å². The van der Waals surface area contributed by atoms with E-state index in [1.807, 2.05) is 47.5 Å². The van der Waals surface area contributed by atoms with Gasteiger partial charge >= 0.3 is 0 Å². The van der Waals surface area contributed by atoms with Crippen molar-refractivity contribution in [2.45, 2.75) is 50.3 Å². The Morgan fingerprint density at radius 3 is 2.66 bits per heavy atom. The van der Waals surface area contributed by atoms with E-state index in [4.69, 9.17) is 0 Å². The minimum atomic E-state index is -1.40. The van der Waals surface area contributed by atoms with Crippen molar-refractivity contribution in [1.29, 1.82) is 0 Å². The summed E-state index contributed by atoms with van der Waals surface area (Å²) >= 11 is 0. The number of carbonyl (C=O) groups excluding carboxylic acids is 1. The molecule has 1 amide bonds. The fourth-order valence-electron chi connectivity index (χ4n) is 6.05. The van der Waals surface area contributed by atoms with E-state index in [0.29, 0.717) is 44.5 Å². The minimum Gasteiger partial charge on any atom is -0.379 e. The number of aliphatic hydroxyl groups is 1. The maximum Gasteiger partial charge on any atom is 0.262 e. The van der Waals surface area contributed by atoms with Gasteiger partial charge < -0.3 is 24.8 Å². The molecule has 0 saturated carbocycles. The van der Waals surface area contributed by atoms with Gasteiger partial charge in [0.15, 0.2) is 5.60 Å². The highest BCUT2D eigenvalue weighted by molar-refractivity contribution is 5.86. The molecule has 9 nitrogen and oxygen atoms in total. The fourth-order valence-corrected chi connectivity index (χ4v) is 6.05. The number of nitrogens with zero attached hydrogens (tertiary/aromatic N) is 5. The van der Waals surface area contributed by atoms with Crippen molar-refractivity contribution in [1.82, 2.24) is 29.2 Å². The first-order valence-electron chi connectivity index (χ1n) is 13.8. The highest BCUT2D eigenvalue weighted by Gasteiger charge is 2.48. The number of benzene rings is 1. The second kappa shape index (κ2) is 11.4. The quantitative estimate of drug-likeness (QED) is 0.471. The van der Waals surface area contributed by atoms with Gasteiger partial charge in [0.25, 0.3) is 11.5 Å². The number of rotatable bonds is 8. The van der Waals surface area contributed by atoms with Crippen molar-refractivity contribution in [3.8, 4) is 0 Å². The first kappa shape index (κ1) is 26.6. The Bertz CT molecular complexity index is 1290. The van der Waals surface area contributed by atoms with Gasteiger partial charge in [-0.1, -0.05) is 30.3 Å². The van der Waals surface area contributed by atoms with Gasteiger partial charge in [-0.15, -0.1) is 0 Å². The van der Waals surface area contributed by atoms with E-state index < -0.39 is 5.60 Å². The third-order valence-electron chi connectivity index (χ3n) is 8.29. The number of nitrogens with one attached hydrogen (secondary N) is 1. The average molecular weight is 521 g/mol. The molecule has 1 aromatic carbocycles. The van der Waals surface area contributed by atoms with Crippen molar-refractivity contribution in [2.75, 3.05) is 46.8 Å². The first-order chi connectivity index (χ1) is 18.4. The van der Waals surface area contributed by atoms with Crippen LogP contribution in [-0.2, 0) is 17.9 Å². The van der Waals surface area contributed by atoms with E-state index in [2.05, 4.69) is 33.9 Å². The van der Waals surface area contributed by atoms with Crippen LogP contribution in [-0.4, -0.2) is 87.4 Å². The predicted molar refractivity (Wildman–Crippen MR) is 148 cm³/mol. The molecule has 0 spiro atoms. The summed E-state index contributed by atoms with van der Waals surface area (Å²) in [6.45, 7) is 4.80. The van der Waals surface area contributed by atoms with Crippen LogP contribution in [0, 0.1) is 5.92 Å². The summed E-state index contributed by atoms with van der Waals surface area (Å²) in [5.41, 5.74) is 0.327. The molecule has 0 aliphatic carbocycles. The van der Waals surface area contributed by atoms with Crippen LogP contribution in [0.5, 0.6) is 0 Å². The normalized spacial score (nSPS) is 22.8. The molecule has 2 fully saturated rings. The molecule has 5 rings (SSSR count). The predicted octanol–water partition coefficient (Wildman–Crippen LogP) is 1.90. The molecular weight excluding hydrogens is 480 g/mol. The number of carbonyl (C=O) groups is 1. The van der Waals surface area contributed by atoms with E-state index in [1.165, 1.54) is 0 Å². The lowest BCUT2D eigenvalue weighted by Crippen LogP contribution is -2.59. The molecule has 4 heterocycles. The molecule has 2 aromatic heterocycles. The number of hydrogen-bond donors (Lipinski definition) is 2. The van der Waals surface area contributed by atoms with Gasteiger partial charge in [0.2, 0.25) is 0 Å². The number of likely N-dealkylation sites (tertiary alicyclic amines) is 1. The standard InChI is InChI=1S/C29H40N6O3/c1-32(2)14-6-15-33-18-11-24-26(33)31-21-35(27(24)36)20-22-9-16-34(17-10-22)28(37)29(38)12-13-30-19-25(29)23-7-4-3-5-8-23/h3-5,7-8,11,18,21-22,25,30,38H,6,9-10,12-17,19-20H2,1-2H3/t25-,29+/m0/s1. The van der Waals surface area contributed by atoms with Crippen LogP contribution in [0.15, 0.2) is 53.7 Å². The van der Waals surface area contributed by atoms with E-state index in [-0.39, 0.29) is 23.3 Å². The molecule has 2 aliphatic rings. The van der Waals surface area contributed by atoms with Gasteiger partial charge in [0.1, 0.15) is 5.65 Å². The van der Waals surface area contributed by atoms with Crippen LogP contribution in [0.2, 0.25) is 0 Å². The number of amides is 1. The second-order valence-corrected chi connectivity index (χ2v) is 11.2. The van der Waals surface area contributed by atoms with Crippen LogP contribution in [0.1, 0.15) is 37.2 Å². The molecule has 204 valence electrons. The van der Waals surface area contributed by atoms with Gasteiger partial charge in [0, 0.05) is 44.8 Å². The Balaban J connectivity index is 1.21. The van der Waals surface area contributed by atoms with Crippen LogP contribution in [0.4, 0.5) is 0 Å². The monoisotopic (exact) mass is 520 g/mol. The molecule has 2 N–H and O–H groups in total. The molecule has 9 heteroatoms. The number of fused-ring (bicyclic) bond motifs is 1. The highest BCUT2D eigenvalue weighted by atomic mass is 16.3. The average Bonchev–Trinajstić information content (AvgIpc) is 3.34. The molecule has 2 aliphatic heterocycles. The van der Waals surface area contributed by atoms with Crippen molar-refractivity contribution in [3.63, 3.8) is 0 Å². The smallest absolute Gasteiger partial charge is 0.262 e. The summed E-state index contributed by atoms with van der Waals surface area (Å²) < 4.78 is 3.78. The number of hydrogen-bond acceptors (Lipinski definition) is 6. The van der Waals surface area contributed by atoms with Crippen molar-refractivity contribution in [2.24, 2.45) is 5.92 Å². The topological polar surface area (TPSA) is 95.6 Å². The third-order valence-corrected chi connectivity index (χ3v) is 8.29. The Morgan fingerprint density at radius 1 is 1.16 bits per heavy atom. The van der Waals surface area contributed by atoms with E-state index in [0.717, 1.165) is 43.6 Å². The van der Waals surface area contributed by atoms with Gasteiger partial charge in [0.05, 0.1) is 11.7 Å². The van der Waals surface area contributed by atoms with Crippen LogP contribution in [0.3, 0.4) is 0 Å². The Hall–Kier alpha value is -3.01. The minimum absolute atomic E-state index is 0.00501. The van der Waals surface area contributed by atoms with Gasteiger partial charge in [-0.05, 0) is 70.4 Å². The highest BCUT2D eigenvalue weighted by Crippen LogP contribution is 2.36. The Labute approximate surface area is 224 Å². The Morgan fingerprint density at radius 2 is 1.92 bits per heavy atom. The van der Waals surface area contributed by atoms with Crippen molar-refractivity contribution < 1.29 is 9.90 Å². The lowest BCUT2D eigenvalue weighted by Gasteiger charge is -2.43. The summed E-state index contributed by atoms with van der Waals surface area (Å²) in [5.74, 6) is -0.151. The van der Waals surface area contributed by atoms with Gasteiger partial charge in [-0.25, -0.2) is 4.98 Å². The Kier molecular flexibility index (Phi) is 7.97. The largest absolute Gasteiger partial charge is 0.379 e. The summed E-state index contributed by atoms with van der Waals surface area (Å²) in [6, 6.07) is 11.7. The summed E-state index contributed by atoms with van der Waals surface area (Å²) in [4.78, 5) is 35.4. The summed E-state index contributed by atoms with van der Waals surface area (Å²) in [6.07, 6.45) is 6.63. The van der Waals surface area contributed by atoms with Gasteiger partial charge in [-0.3, -0.25) is 14.2 Å². The SMILES string of the molecule is CN(C)CCCn1ccc2c(=O)n(CC3CCN(C(=O)[C@@]4(O)CCNC[C@H]4c4ccccc4)CC3)cnc21. The van der Waals surface area contributed by atoms with Crippen LogP contribution < -0.4 is 10.9 Å². The molecule has 0 bridgehead atoms. The number of aromatic nitrogens is 3. The third kappa shape index (κ3) is 5.41. The molecule has 0 unspecified atom stereocenters. The van der Waals surface area contributed by atoms with Crippen molar-refractivity contribution in [3.05, 3.63) is 64.8 Å². The molecule has 38 heavy (non-hydrogen) atoms. The summed E-state index contributed by atoms with van der Waals surface area (Å²) in [7, 11) is 4.11. The summed E-state index contributed by atoms with van der Waals surface area (Å²) in [5, 5.41) is 15.6. The lowest BCUT2D eigenvalue weighted by atomic mass is 9.76. The molecular formula is C29H40N6O3. The number of aryl methyl sites for hydroxylation is 1. The van der Waals surface area contributed by atoms with Gasteiger partial charge in [-0.2, -0.15) is 0 Å². The maximum atomic E-state index is 13.6. The van der Waals surface area contributed by atoms with Crippen LogP contribution >= 0.6 is 0 Å². The van der Waals surface area contributed by atoms with E-state index in [1.54, 1.807) is 10.9 Å². The fraction of sp³-hybridized carbons (Fsp3) is 0.552. The zero-order valence-corrected chi connectivity index (χ0v) is 22.6. The first-order valence-corrected chi connectivity index (χ1v) is 13.8.